The fourth-order valence-corrected chi connectivity index (χ4v) is 2.39. The van der Waals surface area contributed by atoms with Crippen molar-refractivity contribution in [1.82, 2.24) is 0 Å². The number of nitro benzene ring substituents is 1. The van der Waals surface area contributed by atoms with E-state index in [2.05, 4.69) is 5.32 Å². The number of hydrogen-bond acceptors (Lipinski definition) is 4. The van der Waals surface area contributed by atoms with Crippen molar-refractivity contribution in [3.8, 4) is 0 Å². The van der Waals surface area contributed by atoms with Gasteiger partial charge in [0.1, 0.15) is 5.69 Å². The summed E-state index contributed by atoms with van der Waals surface area (Å²) in [7, 11) is 0. The largest absolute Gasteiger partial charge is 0.478 e. The van der Waals surface area contributed by atoms with Crippen molar-refractivity contribution in [3.63, 3.8) is 0 Å². The smallest absolute Gasteiger partial charge is 0.416 e. The maximum atomic E-state index is 12.6. The molecule has 128 valence electrons. The van der Waals surface area contributed by atoms with Crippen LogP contribution in [0.25, 0.3) is 0 Å². The number of anilines is 1. The number of carbonyl (C=O) groups is 2. The Labute approximate surface area is 132 Å². The molecule has 7 nitrogen and oxygen atoms in total. The van der Waals surface area contributed by atoms with Crippen molar-refractivity contribution in [2.24, 2.45) is 0 Å². The Balaban J connectivity index is 2.36. The first kappa shape index (κ1) is 17.4. The quantitative estimate of drug-likeness (QED) is 0.644. The summed E-state index contributed by atoms with van der Waals surface area (Å²) in [6.45, 7) is 0. The van der Waals surface area contributed by atoms with Gasteiger partial charge in [-0.05, 0) is 31.4 Å². The van der Waals surface area contributed by atoms with E-state index in [0.717, 1.165) is 6.07 Å². The Hall–Kier alpha value is -2.91. The molecule has 24 heavy (non-hydrogen) atoms. The number of amides is 1. The number of carbonyl (C=O) groups excluding carboxylic acids is 1. The Morgan fingerprint density at radius 1 is 1.21 bits per heavy atom. The summed E-state index contributed by atoms with van der Waals surface area (Å²) in [6, 6.07) is 1.69. The third-order valence-corrected chi connectivity index (χ3v) is 3.52. The number of halogens is 3. The Morgan fingerprint density at radius 3 is 2.38 bits per heavy atom. The number of carboxylic acids is 1. The predicted molar refractivity (Wildman–Crippen MR) is 75.2 cm³/mol. The topological polar surface area (TPSA) is 110 Å². The van der Waals surface area contributed by atoms with Gasteiger partial charge in [0, 0.05) is 17.2 Å². The Bertz CT molecular complexity index is 755. The van der Waals surface area contributed by atoms with Crippen LogP contribution < -0.4 is 5.32 Å². The van der Waals surface area contributed by atoms with Crippen LogP contribution in [0.15, 0.2) is 29.3 Å². The van der Waals surface area contributed by atoms with Gasteiger partial charge in [-0.1, -0.05) is 0 Å². The predicted octanol–water partition coefficient (Wildman–Crippen LogP) is 3.12. The van der Waals surface area contributed by atoms with E-state index in [1.165, 1.54) is 0 Å². The van der Waals surface area contributed by atoms with Crippen LogP contribution in [0.2, 0.25) is 0 Å². The van der Waals surface area contributed by atoms with Gasteiger partial charge >= 0.3 is 12.1 Å². The van der Waals surface area contributed by atoms with Gasteiger partial charge in [0.2, 0.25) is 0 Å². The summed E-state index contributed by atoms with van der Waals surface area (Å²) in [5, 5.41) is 22.1. The molecule has 0 bridgehead atoms. The summed E-state index contributed by atoms with van der Waals surface area (Å²) < 4.78 is 37.9. The van der Waals surface area contributed by atoms with Crippen LogP contribution in [-0.2, 0) is 15.8 Å². The summed E-state index contributed by atoms with van der Waals surface area (Å²) in [5.41, 5.74) is -2.70. The van der Waals surface area contributed by atoms with Gasteiger partial charge in [0.25, 0.3) is 11.6 Å². The zero-order chi connectivity index (χ0) is 18.1. The number of nitro groups is 1. The average Bonchev–Trinajstić information content (AvgIpc) is 2.95. The highest BCUT2D eigenvalue weighted by atomic mass is 19.4. The molecule has 0 fully saturated rings. The first-order chi connectivity index (χ1) is 11.1. The van der Waals surface area contributed by atoms with Crippen molar-refractivity contribution in [2.75, 3.05) is 5.32 Å². The molecule has 0 saturated carbocycles. The highest BCUT2D eigenvalue weighted by Crippen LogP contribution is 2.35. The molecule has 1 amide bonds. The first-order valence-corrected chi connectivity index (χ1v) is 6.73. The molecule has 10 heteroatoms. The average molecular weight is 344 g/mol. The van der Waals surface area contributed by atoms with Crippen molar-refractivity contribution in [1.29, 1.82) is 0 Å². The van der Waals surface area contributed by atoms with E-state index < -0.39 is 39.9 Å². The molecule has 2 rings (SSSR count). The first-order valence-electron chi connectivity index (χ1n) is 6.73. The van der Waals surface area contributed by atoms with Crippen LogP contribution in [0.1, 0.15) is 24.8 Å². The molecule has 0 heterocycles. The van der Waals surface area contributed by atoms with E-state index >= 15 is 0 Å². The maximum absolute atomic E-state index is 12.6. The molecule has 0 radical (unpaired) electrons. The lowest BCUT2D eigenvalue weighted by atomic mass is 10.1. The number of nitrogens with zero attached hydrogens (tertiary/aromatic N) is 1. The van der Waals surface area contributed by atoms with E-state index in [9.17, 15) is 32.9 Å². The molecule has 1 aliphatic rings. The van der Waals surface area contributed by atoms with E-state index in [-0.39, 0.29) is 24.0 Å². The standard InChI is InChI=1S/C14H11F3N2O5/c15-14(16,17)7-4-5-10(11(6-7)19(23)24)18-12(20)8-2-1-3-9(8)13(21)22/h4-6H,1-3H2,(H,18,20)(H,21,22). The van der Waals surface area contributed by atoms with Crippen LogP contribution in [0.4, 0.5) is 24.5 Å². The number of nitrogens with one attached hydrogen (secondary N) is 1. The molecule has 0 aromatic heterocycles. The van der Waals surface area contributed by atoms with Crippen molar-refractivity contribution in [3.05, 3.63) is 45.0 Å². The van der Waals surface area contributed by atoms with Gasteiger partial charge in [-0.3, -0.25) is 14.9 Å². The highest BCUT2D eigenvalue weighted by Gasteiger charge is 2.33. The molecule has 0 saturated heterocycles. The maximum Gasteiger partial charge on any atom is 0.416 e. The lowest BCUT2D eigenvalue weighted by molar-refractivity contribution is -0.384. The van der Waals surface area contributed by atoms with E-state index in [1.54, 1.807) is 0 Å². The minimum atomic E-state index is -4.77. The van der Waals surface area contributed by atoms with E-state index in [1.807, 2.05) is 0 Å². The highest BCUT2D eigenvalue weighted by molar-refractivity contribution is 6.10. The molecule has 0 unspecified atom stereocenters. The van der Waals surface area contributed by atoms with Gasteiger partial charge < -0.3 is 10.4 Å². The summed E-state index contributed by atoms with van der Waals surface area (Å²) >= 11 is 0. The molecular weight excluding hydrogens is 333 g/mol. The monoisotopic (exact) mass is 344 g/mol. The van der Waals surface area contributed by atoms with Gasteiger partial charge in [-0.15, -0.1) is 0 Å². The summed E-state index contributed by atoms with van der Waals surface area (Å²) in [4.78, 5) is 33.0. The molecule has 0 spiro atoms. The minimum Gasteiger partial charge on any atom is -0.478 e. The molecular formula is C14H11F3N2O5. The van der Waals surface area contributed by atoms with Crippen LogP contribution in [0.5, 0.6) is 0 Å². The van der Waals surface area contributed by atoms with Gasteiger partial charge in [0.05, 0.1) is 10.5 Å². The molecule has 1 aromatic carbocycles. The van der Waals surface area contributed by atoms with Crippen molar-refractivity contribution in [2.45, 2.75) is 25.4 Å². The lowest BCUT2D eigenvalue weighted by Gasteiger charge is -2.10. The summed E-state index contributed by atoms with van der Waals surface area (Å²) in [6.07, 6.45) is -3.95. The number of aliphatic carboxylic acids is 1. The number of rotatable bonds is 4. The Morgan fingerprint density at radius 2 is 1.83 bits per heavy atom. The van der Waals surface area contributed by atoms with E-state index in [0.29, 0.717) is 18.6 Å². The number of carboxylic acid groups (broad SMARTS) is 1. The lowest BCUT2D eigenvalue weighted by Crippen LogP contribution is -2.17. The molecule has 2 N–H and O–H groups in total. The third kappa shape index (κ3) is 3.53. The second-order valence-electron chi connectivity index (χ2n) is 5.06. The van der Waals surface area contributed by atoms with Crippen LogP contribution in [0.3, 0.4) is 0 Å². The molecule has 1 aliphatic carbocycles. The number of alkyl halides is 3. The van der Waals surface area contributed by atoms with Crippen molar-refractivity contribution >= 4 is 23.3 Å². The minimum absolute atomic E-state index is 0.0308. The zero-order valence-electron chi connectivity index (χ0n) is 12.0. The fraction of sp³-hybridized carbons (Fsp3) is 0.286. The van der Waals surface area contributed by atoms with Crippen molar-refractivity contribution < 1.29 is 32.8 Å². The fourth-order valence-electron chi connectivity index (χ4n) is 2.39. The SMILES string of the molecule is O=C(O)C1=C(C(=O)Nc2ccc(C(F)(F)F)cc2[N+](=O)[O-])CCC1. The van der Waals surface area contributed by atoms with E-state index in [4.69, 9.17) is 5.11 Å². The molecule has 1 aromatic rings. The Kier molecular flexibility index (Phi) is 4.58. The normalized spacial score (nSPS) is 14.6. The van der Waals surface area contributed by atoms with Crippen LogP contribution in [-0.4, -0.2) is 21.9 Å². The molecule has 0 aliphatic heterocycles. The van der Waals surface area contributed by atoms with Gasteiger partial charge in [0.15, 0.2) is 0 Å². The number of hydrogen-bond donors (Lipinski definition) is 2. The number of benzene rings is 1. The molecule has 0 atom stereocenters. The summed E-state index contributed by atoms with van der Waals surface area (Å²) in [5.74, 6) is -2.13. The van der Waals surface area contributed by atoms with Crippen LogP contribution in [0, 0.1) is 10.1 Å². The van der Waals surface area contributed by atoms with Gasteiger partial charge in [-0.2, -0.15) is 13.2 Å². The second kappa shape index (κ2) is 6.30. The zero-order valence-corrected chi connectivity index (χ0v) is 12.0. The second-order valence-corrected chi connectivity index (χ2v) is 5.06. The van der Waals surface area contributed by atoms with Gasteiger partial charge in [-0.25, -0.2) is 4.79 Å². The van der Waals surface area contributed by atoms with Crippen LogP contribution >= 0.6 is 0 Å². The third-order valence-electron chi connectivity index (χ3n) is 3.52.